The number of aryl methyl sites for hydroxylation is 3. The minimum absolute atomic E-state index is 0.251. The van der Waals surface area contributed by atoms with Gasteiger partial charge in [-0.3, -0.25) is 4.79 Å². The van der Waals surface area contributed by atoms with Crippen LogP contribution in [-0.4, -0.2) is 36.4 Å². The molecule has 1 heterocycles. The number of carboxylic acids is 1. The fourth-order valence-electron chi connectivity index (χ4n) is 3.13. The molecule has 6 heteroatoms. The summed E-state index contributed by atoms with van der Waals surface area (Å²) in [4.78, 5) is 11.6. The normalized spacial score (nSPS) is 20.4. The summed E-state index contributed by atoms with van der Waals surface area (Å²) < 4.78 is 27.0. The summed E-state index contributed by atoms with van der Waals surface area (Å²) in [6.45, 7) is 5.70. The molecule has 1 aromatic rings. The molecule has 0 bridgehead atoms. The Bertz CT molecular complexity index is 643. The summed E-state index contributed by atoms with van der Waals surface area (Å²) in [6.07, 6.45) is 1.82. The monoisotopic (exact) mass is 311 g/mol. The molecule has 1 aliphatic rings. The molecule has 0 aliphatic carbocycles. The quantitative estimate of drug-likeness (QED) is 0.929. The molecular formula is C15H21NO4S. The average molecular weight is 311 g/mol. The Morgan fingerprint density at radius 3 is 2.29 bits per heavy atom. The fraction of sp³-hybridized carbons (Fsp3) is 0.533. The zero-order valence-electron chi connectivity index (χ0n) is 12.6. The van der Waals surface area contributed by atoms with Crippen molar-refractivity contribution in [2.75, 3.05) is 6.54 Å². The van der Waals surface area contributed by atoms with Crippen LogP contribution in [0.15, 0.2) is 17.0 Å². The molecule has 1 N–H and O–H groups in total. The molecule has 0 radical (unpaired) electrons. The number of benzene rings is 1. The lowest BCUT2D eigenvalue weighted by molar-refractivity contribution is -0.142. The molecule has 5 nitrogen and oxygen atoms in total. The molecule has 116 valence electrons. The number of piperidine rings is 1. The molecule has 2 rings (SSSR count). The van der Waals surface area contributed by atoms with Crippen molar-refractivity contribution in [3.05, 3.63) is 28.8 Å². The first kappa shape index (κ1) is 16.0. The molecule has 1 aromatic carbocycles. The van der Waals surface area contributed by atoms with Gasteiger partial charge in [-0.15, -0.1) is 0 Å². The third-order valence-electron chi connectivity index (χ3n) is 3.91. The van der Waals surface area contributed by atoms with Crippen molar-refractivity contribution in [1.82, 2.24) is 4.31 Å². The first-order chi connectivity index (χ1) is 9.75. The summed E-state index contributed by atoms with van der Waals surface area (Å²) in [5, 5.41) is 9.30. The zero-order valence-corrected chi connectivity index (χ0v) is 13.4. The Hall–Kier alpha value is -1.40. The molecule has 0 spiro atoms. The average Bonchev–Trinajstić information content (AvgIpc) is 2.37. The first-order valence-corrected chi connectivity index (χ1v) is 8.51. The molecule has 1 aliphatic heterocycles. The number of sulfonamides is 1. The van der Waals surface area contributed by atoms with Crippen molar-refractivity contribution >= 4 is 16.0 Å². The van der Waals surface area contributed by atoms with Crippen molar-refractivity contribution in [2.24, 2.45) is 0 Å². The van der Waals surface area contributed by atoms with E-state index in [0.29, 0.717) is 24.0 Å². The topological polar surface area (TPSA) is 74.7 Å². The highest BCUT2D eigenvalue weighted by Crippen LogP contribution is 2.30. The van der Waals surface area contributed by atoms with Crippen LogP contribution in [-0.2, 0) is 14.8 Å². The molecule has 0 amide bonds. The van der Waals surface area contributed by atoms with Crippen LogP contribution in [0.25, 0.3) is 0 Å². The SMILES string of the molecule is Cc1cc(C)c(S(=O)(=O)N2CCCC[C@H]2C(=O)O)c(C)c1. The number of hydrogen-bond donors (Lipinski definition) is 1. The zero-order chi connectivity index (χ0) is 15.8. The van der Waals surface area contributed by atoms with E-state index < -0.39 is 22.0 Å². The van der Waals surface area contributed by atoms with Crippen LogP contribution < -0.4 is 0 Å². The number of carbonyl (C=O) groups is 1. The van der Waals surface area contributed by atoms with Gasteiger partial charge in [-0.25, -0.2) is 8.42 Å². The highest BCUT2D eigenvalue weighted by atomic mass is 32.2. The van der Waals surface area contributed by atoms with Crippen LogP contribution in [0.5, 0.6) is 0 Å². The smallest absolute Gasteiger partial charge is 0.322 e. The van der Waals surface area contributed by atoms with Crippen molar-refractivity contribution in [3.63, 3.8) is 0 Å². The molecule has 1 fully saturated rings. The summed E-state index contributed by atoms with van der Waals surface area (Å²) in [7, 11) is -3.78. The maximum atomic E-state index is 12.9. The lowest BCUT2D eigenvalue weighted by Gasteiger charge is -2.32. The predicted octanol–water partition coefficient (Wildman–Crippen LogP) is 2.24. The number of hydrogen-bond acceptors (Lipinski definition) is 3. The van der Waals surface area contributed by atoms with Crippen LogP contribution in [0.4, 0.5) is 0 Å². The predicted molar refractivity (Wildman–Crippen MR) is 79.8 cm³/mol. The fourth-order valence-corrected chi connectivity index (χ4v) is 5.20. The van der Waals surface area contributed by atoms with E-state index in [-0.39, 0.29) is 11.4 Å². The van der Waals surface area contributed by atoms with Crippen molar-refractivity contribution in [2.45, 2.75) is 51.0 Å². The van der Waals surface area contributed by atoms with Gasteiger partial charge in [0, 0.05) is 6.54 Å². The van der Waals surface area contributed by atoms with Crippen molar-refractivity contribution < 1.29 is 18.3 Å². The maximum Gasteiger partial charge on any atom is 0.322 e. The van der Waals surface area contributed by atoms with Crippen LogP contribution in [0.3, 0.4) is 0 Å². The second kappa shape index (κ2) is 5.77. The number of nitrogens with zero attached hydrogens (tertiary/aromatic N) is 1. The number of carboxylic acid groups (broad SMARTS) is 1. The lowest BCUT2D eigenvalue weighted by atomic mass is 10.1. The highest BCUT2D eigenvalue weighted by Gasteiger charge is 2.38. The Kier molecular flexibility index (Phi) is 4.39. The Labute approximate surface area is 125 Å². The van der Waals surface area contributed by atoms with Gasteiger partial charge in [0.15, 0.2) is 0 Å². The molecule has 0 saturated carbocycles. The molecule has 0 unspecified atom stereocenters. The molecule has 1 atom stereocenters. The van der Waals surface area contributed by atoms with Crippen molar-refractivity contribution in [3.8, 4) is 0 Å². The first-order valence-electron chi connectivity index (χ1n) is 7.07. The largest absolute Gasteiger partial charge is 0.480 e. The lowest BCUT2D eigenvalue weighted by Crippen LogP contribution is -2.48. The van der Waals surface area contributed by atoms with Crippen LogP contribution in [0, 0.1) is 20.8 Å². The van der Waals surface area contributed by atoms with Gasteiger partial charge in [-0.05, 0) is 51.2 Å². The van der Waals surface area contributed by atoms with E-state index in [9.17, 15) is 18.3 Å². The summed E-state index contributed by atoms with van der Waals surface area (Å²) in [6, 6.07) is 2.68. The van der Waals surface area contributed by atoms with E-state index in [1.807, 2.05) is 19.1 Å². The van der Waals surface area contributed by atoms with Crippen LogP contribution in [0.2, 0.25) is 0 Å². The second-order valence-electron chi connectivity index (χ2n) is 5.69. The second-order valence-corrected chi connectivity index (χ2v) is 7.52. The van der Waals surface area contributed by atoms with Crippen LogP contribution in [0.1, 0.15) is 36.0 Å². The summed E-state index contributed by atoms with van der Waals surface area (Å²) in [5.74, 6) is -1.07. The van der Waals surface area contributed by atoms with Gasteiger partial charge in [0.05, 0.1) is 4.90 Å². The standard InChI is InChI=1S/C15H21NO4S/c1-10-8-11(2)14(12(3)9-10)21(19,20)16-7-5-4-6-13(16)15(17)18/h8-9,13H,4-7H2,1-3H3,(H,17,18)/t13-/m0/s1. The van der Waals surface area contributed by atoms with Gasteiger partial charge in [0.1, 0.15) is 6.04 Å². The van der Waals surface area contributed by atoms with Crippen molar-refractivity contribution in [1.29, 1.82) is 0 Å². The van der Waals surface area contributed by atoms with Gasteiger partial charge in [-0.1, -0.05) is 17.7 Å². The van der Waals surface area contributed by atoms with Gasteiger partial charge in [0.2, 0.25) is 10.0 Å². The Balaban J connectivity index is 2.53. The molecule has 0 aromatic heterocycles. The van der Waals surface area contributed by atoms with E-state index in [1.165, 1.54) is 0 Å². The minimum atomic E-state index is -3.78. The van der Waals surface area contributed by atoms with E-state index in [2.05, 4.69) is 0 Å². The number of rotatable bonds is 3. The molecule has 1 saturated heterocycles. The Morgan fingerprint density at radius 2 is 1.76 bits per heavy atom. The van der Waals surface area contributed by atoms with Gasteiger partial charge >= 0.3 is 5.97 Å². The van der Waals surface area contributed by atoms with Gasteiger partial charge in [-0.2, -0.15) is 4.31 Å². The van der Waals surface area contributed by atoms with E-state index >= 15 is 0 Å². The van der Waals surface area contributed by atoms with Gasteiger partial charge in [0.25, 0.3) is 0 Å². The van der Waals surface area contributed by atoms with E-state index in [4.69, 9.17) is 0 Å². The van der Waals surface area contributed by atoms with E-state index in [0.717, 1.165) is 16.3 Å². The summed E-state index contributed by atoms with van der Waals surface area (Å²) in [5.41, 5.74) is 2.34. The molecular weight excluding hydrogens is 290 g/mol. The Morgan fingerprint density at radius 1 is 1.19 bits per heavy atom. The molecule has 21 heavy (non-hydrogen) atoms. The third kappa shape index (κ3) is 2.96. The summed E-state index contributed by atoms with van der Waals surface area (Å²) >= 11 is 0. The maximum absolute atomic E-state index is 12.9. The van der Waals surface area contributed by atoms with E-state index in [1.54, 1.807) is 13.8 Å². The minimum Gasteiger partial charge on any atom is -0.480 e. The van der Waals surface area contributed by atoms with Crippen LogP contribution >= 0.6 is 0 Å². The van der Waals surface area contributed by atoms with Gasteiger partial charge < -0.3 is 5.11 Å². The number of aliphatic carboxylic acids is 1. The third-order valence-corrected chi connectivity index (χ3v) is 6.12. The highest BCUT2D eigenvalue weighted by molar-refractivity contribution is 7.89.